The van der Waals surface area contributed by atoms with Crippen LogP contribution in [-0.2, 0) is 0 Å². The second-order valence-corrected chi connectivity index (χ2v) is 1.49. The van der Waals surface area contributed by atoms with Gasteiger partial charge in [0.2, 0.25) is 0 Å². The predicted octanol–water partition coefficient (Wildman–Crippen LogP) is 1.54. The van der Waals surface area contributed by atoms with Gasteiger partial charge in [0.1, 0.15) is 0 Å². The molecule has 0 aliphatic rings. The fourth-order valence-electron chi connectivity index (χ4n) is 0. The number of carbonyl (C=O) groups is 1. The Morgan fingerprint density at radius 2 is 1.50 bits per heavy atom. The van der Waals surface area contributed by atoms with Crippen LogP contribution in [0.4, 0.5) is 13.2 Å². The van der Waals surface area contributed by atoms with E-state index in [0.717, 1.165) is 17.2 Å². The third-order valence-electron chi connectivity index (χ3n) is 0. The van der Waals surface area contributed by atoms with Gasteiger partial charge in [0, 0.05) is 0 Å². The molecular weight excluding hydrogens is 136 g/mol. The molecule has 0 bridgehead atoms. The van der Waals surface area contributed by atoms with E-state index in [4.69, 9.17) is 15.0 Å². The van der Waals surface area contributed by atoms with Crippen LogP contribution in [-0.4, -0.2) is 33.6 Å². The number of carboxylic acid groups (broad SMARTS) is 2. The molecule has 0 saturated heterocycles. The van der Waals surface area contributed by atoms with Crippen molar-refractivity contribution < 1.29 is 23.4 Å². The molecule has 0 amide bonds. The van der Waals surface area contributed by atoms with Crippen LogP contribution in [0.3, 0.4) is 0 Å². The molecule has 0 heterocycles. The van der Waals surface area contributed by atoms with Crippen molar-refractivity contribution in [1.29, 1.82) is 0 Å². The molecule has 2 N–H and O–H groups in total. The summed E-state index contributed by atoms with van der Waals surface area (Å²) in [7, 11) is 0. The molecule has 0 spiro atoms. The Bertz CT molecular complexity index is 61.5. The van der Waals surface area contributed by atoms with Gasteiger partial charge in [-0.25, -0.2) is 4.79 Å². The quantitative estimate of drug-likeness (QED) is 0.394. The third-order valence-corrected chi connectivity index (χ3v) is 0. The van der Waals surface area contributed by atoms with Gasteiger partial charge >= 0.3 is 38.8 Å². The standard InChI is InChI=1S/CH2O3.F2P.Li/c2-1(3)4;1-3-2;/h(H2,2,3,4);;/q;-1;+1. The van der Waals surface area contributed by atoms with Crippen molar-refractivity contribution in [2.45, 2.75) is 0 Å². The summed E-state index contributed by atoms with van der Waals surface area (Å²) in [5.41, 5.74) is 0. The molecule has 0 aromatic carbocycles. The first-order chi connectivity index (χ1) is 3.46. The van der Waals surface area contributed by atoms with Crippen LogP contribution in [0.25, 0.3) is 0 Å². The maximum absolute atomic E-state index is 10.4. The van der Waals surface area contributed by atoms with Crippen LogP contribution in [0.5, 0.6) is 0 Å². The molecule has 0 saturated carbocycles. The summed E-state index contributed by atoms with van der Waals surface area (Å²) in [5, 5.41) is 13.9. The normalized spacial score (nSPS) is 7.62. The van der Waals surface area contributed by atoms with Crippen LogP contribution in [0.2, 0.25) is 0 Å². The first kappa shape index (κ1) is 11.0. The second-order valence-electron chi connectivity index (χ2n) is 0.685. The average Bonchev–Trinajstić information content (AvgIpc) is 1.25. The van der Waals surface area contributed by atoms with E-state index in [1.807, 2.05) is 0 Å². The number of halogens is 2. The topological polar surface area (TPSA) is 57.5 Å². The molecule has 44 valence electrons. The zero-order valence-corrected chi connectivity index (χ0v) is 4.90. The summed E-state index contributed by atoms with van der Waals surface area (Å²) in [6, 6.07) is 0. The zero-order valence-electron chi connectivity index (χ0n) is 4.01. The average molecular weight is 138 g/mol. The Hall–Kier alpha value is 0.157. The van der Waals surface area contributed by atoms with E-state index in [1.165, 1.54) is 0 Å². The summed E-state index contributed by atoms with van der Waals surface area (Å²) in [6.07, 6.45) is -1.83. The Balaban J connectivity index is 0. The molecule has 0 rings (SSSR count). The van der Waals surface area contributed by atoms with Crippen molar-refractivity contribution in [1.82, 2.24) is 0 Å². The fourth-order valence-corrected chi connectivity index (χ4v) is 0. The maximum atomic E-state index is 10.4. The molecule has 0 fully saturated rings. The molecule has 0 aromatic heterocycles. The SMILES string of the molecule is O=C(O)O.[Li][P](F)F. The first-order valence-corrected chi connectivity index (χ1v) is 3.01. The predicted molar refractivity (Wildman–Crippen MR) is 25.5 cm³/mol. The van der Waals surface area contributed by atoms with Crippen LogP contribution >= 0.6 is 6.97 Å². The van der Waals surface area contributed by atoms with E-state index < -0.39 is 13.1 Å². The van der Waals surface area contributed by atoms with Crippen LogP contribution in [0, 0.1) is 0 Å². The Kier molecular flexibility index (Phi) is 9.86. The van der Waals surface area contributed by atoms with E-state index >= 15 is 0 Å². The zero-order chi connectivity index (χ0) is 7.15. The van der Waals surface area contributed by atoms with E-state index in [2.05, 4.69) is 0 Å². The van der Waals surface area contributed by atoms with Gasteiger partial charge < -0.3 is 10.2 Å². The number of hydrogen-bond donors (Lipinski definition) is 2. The van der Waals surface area contributed by atoms with Gasteiger partial charge in [0.25, 0.3) is 0 Å². The minimum atomic E-state index is -2.62. The van der Waals surface area contributed by atoms with Crippen LogP contribution < -0.4 is 0 Å². The summed E-state index contributed by atoms with van der Waals surface area (Å²) in [6.45, 7) is -2.62. The molecule has 3 nitrogen and oxygen atoms in total. The molecule has 8 heavy (non-hydrogen) atoms. The van der Waals surface area contributed by atoms with Gasteiger partial charge in [0.05, 0.1) is 0 Å². The van der Waals surface area contributed by atoms with Gasteiger partial charge in [-0.2, -0.15) is 0 Å². The summed E-state index contributed by atoms with van der Waals surface area (Å²) < 4.78 is 20.8. The molecule has 0 aromatic rings. The molecule has 0 unspecified atom stereocenters. The van der Waals surface area contributed by atoms with Gasteiger partial charge in [-0.1, -0.05) is 0 Å². The van der Waals surface area contributed by atoms with Gasteiger partial charge in [-0.05, 0) is 0 Å². The fraction of sp³-hybridized carbons (Fsp3) is 0. The molecule has 7 heteroatoms. The molecule has 0 aliphatic heterocycles. The van der Waals surface area contributed by atoms with Crippen molar-refractivity contribution in [3.05, 3.63) is 0 Å². The van der Waals surface area contributed by atoms with E-state index in [9.17, 15) is 8.39 Å². The van der Waals surface area contributed by atoms with Crippen molar-refractivity contribution in [3.63, 3.8) is 0 Å². The monoisotopic (exact) mass is 138 g/mol. The second kappa shape index (κ2) is 7.16. The Labute approximate surface area is 54.4 Å². The molecular formula is CH2F2LiO3P. The molecule has 0 radical (unpaired) electrons. The van der Waals surface area contributed by atoms with Gasteiger partial charge in [-0.3, -0.25) is 0 Å². The van der Waals surface area contributed by atoms with E-state index in [1.54, 1.807) is 0 Å². The minimum absolute atomic E-state index is 0.898. The van der Waals surface area contributed by atoms with Gasteiger partial charge in [0.15, 0.2) is 0 Å². The molecule has 0 atom stereocenters. The van der Waals surface area contributed by atoms with Crippen molar-refractivity contribution in [2.24, 2.45) is 0 Å². The number of rotatable bonds is 0. The van der Waals surface area contributed by atoms with Crippen molar-refractivity contribution in [3.8, 4) is 0 Å². The Morgan fingerprint density at radius 1 is 1.50 bits per heavy atom. The van der Waals surface area contributed by atoms with Gasteiger partial charge in [-0.15, -0.1) is 0 Å². The van der Waals surface area contributed by atoms with Crippen molar-refractivity contribution >= 4 is 30.4 Å². The first-order valence-electron chi connectivity index (χ1n) is 1.44. The summed E-state index contributed by atoms with van der Waals surface area (Å²) >= 11 is 0.898. The van der Waals surface area contributed by atoms with Crippen LogP contribution in [0.15, 0.2) is 0 Å². The summed E-state index contributed by atoms with van der Waals surface area (Å²) in [4.78, 5) is 8.56. The summed E-state index contributed by atoms with van der Waals surface area (Å²) in [5.74, 6) is 0. The number of hydrogen-bond acceptors (Lipinski definition) is 1. The van der Waals surface area contributed by atoms with E-state index in [0.29, 0.717) is 0 Å². The van der Waals surface area contributed by atoms with Crippen LogP contribution in [0.1, 0.15) is 0 Å². The molecule has 0 aliphatic carbocycles. The van der Waals surface area contributed by atoms with Crippen molar-refractivity contribution in [2.75, 3.05) is 0 Å². The van der Waals surface area contributed by atoms with E-state index in [-0.39, 0.29) is 0 Å². The third kappa shape index (κ3) is 6610. The Morgan fingerprint density at radius 3 is 1.50 bits per heavy atom.